The highest BCUT2D eigenvalue weighted by Crippen LogP contribution is 2.14. The number of hydrogen-bond acceptors (Lipinski definition) is 3. The van der Waals surface area contributed by atoms with Gasteiger partial charge in [0.25, 0.3) is 0 Å². The van der Waals surface area contributed by atoms with Crippen molar-refractivity contribution in [3.8, 4) is 0 Å². The Morgan fingerprint density at radius 3 is 2.50 bits per heavy atom. The molecule has 0 bridgehead atoms. The smallest absolute Gasteiger partial charge is 0.182 e. The second-order valence-corrected chi connectivity index (χ2v) is 4.46. The average molecular weight is 242 g/mol. The first-order valence-electron chi connectivity index (χ1n) is 5.20. The van der Waals surface area contributed by atoms with Gasteiger partial charge in [-0.1, -0.05) is 23.7 Å². The molecule has 1 aromatic carbocycles. The van der Waals surface area contributed by atoms with Crippen molar-refractivity contribution >= 4 is 17.4 Å². The molecule has 0 spiro atoms. The van der Waals surface area contributed by atoms with Crippen molar-refractivity contribution in [1.82, 2.24) is 5.06 Å². The van der Waals surface area contributed by atoms with Gasteiger partial charge in [-0.3, -0.25) is 4.79 Å². The normalized spacial score (nSPS) is 13.2. The summed E-state index contributed by atoms with van der Waals surface area (Å²) < 4.78 is 0. The Bertz CT molecular complexity index is 379. The third-order valence-electron chi connectivity index (χ3n) is 2.41. The number of hydrogen-bond donors (Lipinski definition) is 1. The van der Waals surface area contributed by atoms with Crippen LogP contribution in [0.2, 0.25) is 5.02 Å². The number of ketones is 1. The van der Waals surface area contributed by atoms with Gasteiger partial charge in [0.2, 0.25) is 0 Å². The number of hydroxylamine groups is 2. The van der Waals surface area contributed by atoms with Crippen molar-refractivity contribution in [2.75, 3.05) is 0 Å². The van der Waals surface area contributed by atoms with Gasteiger partial charge in [-0.05, 0) is 32.9 Å². The van der Waals surface area contributed by atoms with E-state index in [9.17, 15) is 10.0 Å². The van der Waals surface area contributed by atoms with Gasteiger partial charge in [0, 0.05) is 16.6 Å². The van der Waals surface area contributed by atoms with Crippen molar-refractivity contribution in [2.24, 2.45) is 0 Å². The van der Waals surface area contributed by atoms with Crippen LogP contribution in [-0.2, 0) is 0 Å². The zero-order valence-electron chi connectivity index (χ0n) is 9.64. The van der Waals surface area contributed by atoms with Gasteiger partial charge >= 0.3 is 0 Å². The Hall–Kier alpha value is -0.900. The minimum absolute atomic E-state index is 0.0989. The molecule has 0 aromatic heterocycles. The standard InChI is InChI=1S/C12H16ClNO2/c1-8(2)14(16)9(3)12(15)10-5-4-6-11(13)7-10/h4-9,16H,1-3H3. The van der Waals surface area contributed by atoms with Gasteiger partial charge < -0.3 is 5.21 Å². The minimum Gasteiger partial charge on any atom is -0.313 e. The lowest BCUT2D eigenvalue weighted by Gasteiger charge is -2.24. The van der Waals surface area contributed by atoms with Crippen molar-refractivity contribution in [3.05, 3.63) is 34.9 Å². The van der Waals surface area contributed by atoms with Crippen LogP contribution < -0.4 is 0 Å². The van der Waals surface area contributed by atoms with Gasteiger partial charge in [0.15, 0.2) is 5.78 Å². The van der Waals surface area contributed by atoms with E-state index < -0.39 is 6.04 Å². The van der Waals surface area contributed by atoms with Crippen molar-refractivity contribution in [3.63, 3.8) is 0 Å². The maximum Gasteiger partial charge on any atom is 0.182 e. The molecule has 0 aliphatic heterocycles. The highest BCUT2D eigenvalue weighted by Gasteiger charge is 2.23. The maximum atomic E-state index is 12.0. The molecule has 88 valence electrons. The van der Waals surface area contributed by atoms with Crippen LogP contribution >= 0.6 is 11.6 Å². The Balaban J connectivity index is 2.86. The summed E-state index contributed by atoms with van der Waals surface area (Å²) in [6.07, 6.45) is 0. The zero-order chi connectivity index (χ0) is 12.3. The number of benzene rings is 1. The van der Waals surface area contributed by atoms with Crippen LogP contribution in [0.15, 0.2) is 24.3 Å². The Labute approximate surface area is 101 Å². The van der Waals surface area contributed by atoms with Crippen LogP contribution in [0.25, 0.3) is 0 Å². The Kier molecular flexibility index (Phi) is 4.47. The van der Waals surface area contributed by atoms with E-state index in [-0.39, 0.29) is 11.8 Å². The van der Waals surface area contributed by atoms with Gasteiger partial charge in [-0.25, -0.2) is 0 Å². The van der Waals surface area contributed by atoms with E-state index in [4.69, 9.17) is 11.6 Å². The highest BCUT2D eigenvalue weighted by atomic mass is 35.5. The Morgan fingerprint density at radius 2 is 2.00 bits per heavy atom. The molecular formula is C12H16ClNO2. The van der Waals surface area contributed by atoms with E-state index in [1.807, 2.05) is 13.8 Å². The fourth-order valence-corrected chi connectivity index (χ4v) is 1.64. The van der Waals surface area contributed by atoms with Crippen molar-refractivity contribution < 1.29 is 10.0 Å². The quantitative estimate of drug-likeness (QED) is 0.651. The molecule has 1 unspecified atom stereocenters. The number of rotatable bonds is 4. The molecular weight excluding hydrogens is 226 g/mol. The largest absolute Gasteiger partial charge is 0.313 e. The SMILES string of the molecule is CC(C)N(O)C(C)C(=O)c1cccc(Cl)c1. The number of carbonyl (C=O) groups excluding carboxylic acids is 1. The molecule has 0 aliphatic rings. The maximum absolute atomic E-state index is 12.0. The van der Waals surface area contributed by atoms with Crippen LogP contribution in [0.4, 0.5) is 0 Å². The molecule has 0 aliphatic carbocycles. The third-order valence-corrected chi connectivity index (χ3v) is 2.65. The molecule has 0 saturated heterocycles. The summed E-state index contributed by atoms with van der Waals surface area (Å²) in [5.41, 5.74) is 0.514. The summed E-state index contributed by atoms with van der Waals surface area (Å²) in [4.78, 5) is 12.0. The first-order valence-corrected chi connectivity index (χ1v) is 5.58. The monoisotopic (exact) mass is 241 g/mol. The lowest BCUT2D eigenvalue weighted by Crippen LogP contribution is -2.40. The summed E-state index contributed by atoms with van der Waals surface area (Å²) in [6.45, 7) is 5.31. The van der Waals surface area contributed by atoms with Crippen molar-refractivity contribution in [2.45, 2.75) is 32.9 Å². The molecule has 0 saturated carbocycles. The fourth-order valence-electron chi connectivity index (χ4n) is 1.45. The Morgan fingerprint density at radius 1 is 1.38 bits per heavy atom. The summed E-state index contributed by atoms with van der Waals surface area (Å²) in [5, 5.41) is 11.2. The zero-order valence-corrected chi connectivity index (χ0v) is 10.4. The summed E-state index contributed by atoms with van der Waals surface area (Å²) >= 11 is 5.81. The van der Waals surface area contributed by atoms with Crippen molar-refractivity contribution in [1.29, 1.82) is 0 Å². The lowest BCUT2D eigenvalue weighted by molar-refractivity contribution is -0.134. The molecule has 1 atom stereocenters. The van der Waals surface area contributed by atoms with E-state index >= 15 is 0 Å². The second-order valence-electron chi connectivity index (χ2n) is 4.02. The van der Waals surface area contributed by atoms with E-state index in [1.165, 1.54) is 0 Å². The first kappa shape index (κ1) is 13.2. The van der Waals surface area contributed by atoms with Gasteiger partial charge in [0.05, 0.1) is 6.04 Å². The summed E-state index contributed by atoms with van der Waals surface area (Å²) in [5.74, 6) is -0.140. The molecule has 1 aromatic rings. The average Bonchev–Trinajstić information content (AvgIpc) is 2.26. The van der Waals surface area contributed by atoms with Gasteiger partial charge in [-0.15, -0.1) is 0 Å². The van der Waals surface area contributed by atoms with E-state index in [0.29, 0.717) is 10.6 Å². The predicted molar refractivity (Wildman–Crippen MR) is 64.0 cm³/mol. The molecule has 4 heteroatoms. The molecule has 0 amide bonds. The molecule has 0 radical (unpaired) electrons. The number of Topliss-reactive ketones (excluding diaryl/α,β-unsaturated/α-hetero) is 1. The van der Waals surface area contributed by atoms with Crippen LogP contribution in [0, 0.1) is 0 Å². The number of nitrogens with zero attached hydrogens (tertiary/aromatic N) is 1. The summed E-state index contributed by atoms with van der Waals surface area (Å²) in [7, 11) is 0. The second kappa shape index (κ2) is 5.43. The van der Waals surface area contributed by atoms with Gasteiger partial charge in [-0.2, -0.15) is 5.06 Å². The molecule has 3 nitrogen and oxygen atoms in total. The van der Waals surface area contributed by atoms with E-state index in [2.05, 4.69) is 0 Å². The van der Waals surface area contributed by atoms with Crippen LogP contribution in [-0.4, -0.2) is 28.1 Å². The predicted octanol–water partition coefficient (Wildman–Crippen LogP) is 3.01. The summed E-state index contributed by atoms with van der Waals surface area (Å²) in [6, 6.07) is 6.06. The lowest BCUT2D eigenvalue weighted by atomic mass is 10.0. The van der Waals surface area contributed by atoms with Gasteiger partial charge in [0.1, 0.15) is 0 Å². The molecule has 1 rings (SSSR count). The molecule has 16 heavy (non-hydrogen) atoms. The number of halogens is 1. The number of carbonyl (C=O) groups is 1. The van der Waals surface area contributed by atoms with E-state index in [1.54, 1.807) is 31.2 Å². The van der Waals surface area contributed by atoms with E-state index in [0.717, 1.165) is 5.06 Å². The molecule has 0 heterocycles. The minimum atomic E-state index is -0.571. The topological polar surface area (TPSA) is 40.5 Å². The first-order chi connectivity index (χ1) is 7.43. The third kappa shape index (κ3) is 3.04. The van der Waals surface area contributed by atoms with Crippen LogP contribution in [0.1, 0.15) is 31.1 Å². The molecule has 1 N–H and O–H groups in total. The fraction of sp³-hybridized carbons (Fsp3) is 0.417. The highest BCUT2D eigenvalue weighted by molar-refractivity contribution is 6.31. The van der Waals surface area contributed by atoms with Crippen LogP contribution in [0.5, 0.6) is 0 Å². The molecule has 0 fully saturated rings. The van der Waals surface area contributed by atoms with Crippen LogP contribution in [0.3, 0.4) is 0 Å².